The first-order valence-electron chi connectivity index (χ1n) is 9.34. The minimum absolute atomic E-state index is 0. The average Bonchev–Trinajstić information content (AvgIpc) is 3.21. The molecule has 1 aromatic rings. The molecule has 1 aliphatic heterocycles. The molecule has 28 heavy (non-hydrogen) atoms. The maximum atomic E-state index is 12.0. The summed E-state index contributed by atoms with van der Waals surface area (Å²) in [5.74, 6) is 0.867. The normalized spacial score (nSPS) is 18.6. The van der Waals surface area contributed by atoms with E-state index in [9.17, 15) is 4.79 Å². The predicted molar refractivity (Wildman–Crippen MR) is 127 cm³/mol. The van der Waals surface area contributed by atoms with E-state index >= 15 is 0 Å². The minimum Gasteiger partial charge on any atom is -0.444 e. The molecule has 1 aliphatic rings. The molecule has 0 radical (unpaired) electrons. The Labute approximate surface area is 189 Å². The molecule has 1 amide bonds. The van der Waals surface area contributed by atoms with Gasteiger partial charge in [-0.3, -0.25) is 4.99 Å². The highest BCUT2D eigenvalue weighted by molar-refractivity contribution is 14.0. The van der Waals surface area contributed by atoms with Gasteiger partial charge in [0.2, 0.25) is 0 Å². The summed E-state index contributed by atoms with van der Waals surface area (Å²) in [6.07, 6.45) is 0.518. The topological polar surface area (TPSA) is 69.2 Å². The number of guanidine groups is 1. The zero-order valence-electron chi connectivity index (χ0n) is 17.7. The Morgan fingerprint density at radius 3 is 2.71 bits per heavy atom. The minimum atomic E-state index is -0.483. The number of amides is 1. The van der Waals surface area contributed by atoms with Crippen molar-refractivity contribution in [1.29, 1.82) is 0 Å². The highest BCUT2D eigenvalue weighted by Crippen LogP contribution is 2.22. The number of likely N-dealkylation sites (N-methyl/N-ethyl adjacent to an activating group) is 1. The van der Waals surface area contributed by atoms with Crippen molar-refractivity contribution in [2.45, 2.75) is 44.9 Å². The van der Waals surface area contributed by atoms with E-state index < -0.39 is 5.60 Å². The first kappa shape index (κ1) is 25.0. The van der Waals surface area contributed by atoms with Crippen molar-refractivity contribution in [2.24, 2.45) is 4.99 Å². The molecule has 2 N–H and O–H groups in total. The fourth-order valence-electron chi connectivity index (χ4n) is 3.08. The molecule has 1 saturated heterocycles. The number of ether oxygens (including phenoxy) is 1. The number of hydrogen-bond acceptors (Lipinski definition) is 5. The molecule has 2 atom stereocenters. The van der Waals surface area contributed by atoms with Crippen LogP contribution in [0.2, 0.25) is 0 Å². The lowest BCUT2D eigenvalue weighted by atomic mass is 10.2. The number of nitrogens with zero attached hydrogens (tertiary/aromatic N) is 3. The zero-order valence-corrected chi connectivity index (χ0v) is 20.8. The molecule has 0 aliphatic carbocycles. The standard InChI is InChI=1S/C19H33N5O2S.HI/c1-19(2,3)26-18(25)22-14-9-10-24(13-14)17(20-4)21-12-15(23(5)6)16-8-7-11-27-16;/h7-8,11,14-15H,9-10,12-13H2,1-6H3,(H,20,21)(H,22,25);1H. The molecular formula is C19H34IN5O2S. The molecule has 160 valence electrons. The van der Waals surface area contributed by atoms with Gasteiger partial charge in [0.15, 0.2) is 5.96 Å². The van der Waals surface area contributed by atoms with Crippen LogP contribution in [0.3, 0.4) is 0 Å². The van der Waals surface area contributed by atoms with Crippen LogP contribution in [0.5, 0.6) is 0 Å². The molecule has 2 unspecified atom stereocenters. The Hall–Kier alpha value is -1.07. The molecule has 0 spiro atoms. The molecular weight excluding hydrogens is 489 g/mol. The summed E-state index contributed by atoms with van der Waals surface area (Å²) in [5, 5.41) is 8.55. The summed E-state index contributed by atoms with van der Waals surface area (Å²) < 4.78 is 5.35. The largest absolute Gasteiger partial charge is 0.444 e. The van der Waals surface area contributed by atoms with Crippen LogP contribution in [0.1, 0.15) is 38.1 Å². The molecule has 1 fully saturated rings. The number of alkyl carbamates (subject to hydrolysis) is 1. The van der Waals surface area contributed by atoms with Gasteiger partial charge in [-0.2, -0.15) is 0 Å². The summed E-state index contributed by atoms with van der Waals surface area (Å²) in [4.78, 5) is 22.1. The van der Waals surface area contributed by atoms with E-state index in [1.165, 1.54) is 4.88 Å². The van der Waals surface area contributed by atoms with Crippen LogP contribution < -0.4 is 10.6 Å². The van der Waals surface area contributed by atoms with Crippen molar-refractivity contribution >= 4 is 47.4 Å². The SMILES string of the molecule is CN=C(NCC(c1cccs1)N(C)C)N1CCC(NC(=O)OC(C)(C)C)C1.I. The predicted octanol–water partition coefficient (Wildman–Crippen LogP) is 3.14. The van der Waals surface area contributed by atoms with Crippen LogP contribution in [0.15, 0.2) is 22.5 Å². The van der Waals surface area contributed by atoms with Crippen LogP contribution >= 0.6 is 35.3 Å². The Morgan fingerprint density at radius 2 is 2.18 bits per heavy atom. The second-order valence-electron chi connectivity index (χ2n) is 8.00. The number of rotatable bonds is 5. The maximum Gasteiger partial charge on any atom is 0.407 e. The van der Waals surface area contributed by atoms with E-state index in [1.54, 1.807) is 18.4 Å². The van der Waals surface area contributed by atoms with Gasteiger partial charge in [-0.1, -0.05) is 6.07 Å². The highest BCUT2D eigenvalue weighted by Gasteiger charge is 2.28. The van der Waals surface area contributed by atoms with E-state index in [-0.39, 0.29) is 36.1 Å². The van der Waals surface area contributed by atoms with E-state index in [4.69, 9.17) is 4.74 Å². The Morgan fingerprint density at radius 1 is 1.46 bits per heavy atom. The second-order valence-corrected chi connectivity index (χ2v) is 8.98. The van der Waals surface area contributed by atoms with Crippen molar-refractivity contribution < 1.29 is 9.53 Å². The quantitative estimate of drug-likeness (QED) is 0.353. The molecule has 7 nitrogen and oxygen atoms in total. The van der Waals surface area contributed by atoms with Crippen molar-refractivity contribution in [2.75, 3.05) is 40.8 Å². The molecule has 9 heteroatoms. The van der Waals surface area contributed by atoms with E-state index in [1.807, 2.05) is 20.8 Å². The van der Waals surface area contributed by atoms with Crippen molar-refractivity contribution in [3.05, 3.63) is 22.4 Å². The third-order valence-corrected chi connectivity index (χ3v) is 5.34. The van der Waals surface area contributed by atoms with Crippen LogP contribution in [-0.2, 0) is 4.74 Å². The van der Waals surface area contributed by atoms with E-state index in [0.29, 0.717) is 6.04 Å². The molecule has 2 heterocycles. The molecule has 1 aromatic heterocycles. The Balaban J connectivity index is 0.00000392. The smallest absolute Gasteiger partial charge is 0.407 e. The third-order valence-electron chi connectivity index (χ3n) is 4.37. The Bertz CT molecular complexity index is 631. The first-order chi connectivity index (χ1) is 12.7. The fourth-order valence-corrected chi connectivity index (χ4v) is 4.01. The van der Waals surface area contributed by atoms with Gasteiger partial charge in [-0.15, -0.1) is 35.3 Å². The molecule has 0 saturated carbocycles. The van der Waals surface area contributed by atoms with Crippen LogP contribution in [-0.4, -0.2) is 74.3 Å². The number of thiophene rings is 1. The maximum absolute atomic E-state index is 12.0. The second kappa shape index (κ2) is 11.2. The van der Waals surface area contributed by atoms with Gasteiger partial charge in [0.25, 0.3) is 0 Å². The summed E-state index contributed by atoms with van der Waals surface area (Å²) in [6, 6.07) is 4.61. The first-order valence-corrected chi connectivity index (χ1v) is 10.2. The lowest BCUT2D eigenvalue weighted by molar-refractivity contribution is 0.0507. The summed E-state index contributed by atoms with van der Waals surface area (Å²) in [7, 11) is 5.98. The number of carbonyl (C=O) groups is 1. The molecule has 0 bridgehead atoms. The van der Waals surface area contributed by atoms with E-state index in [2.05, 4.69) is 57.0 Å². The number of hydrogen-bond donors (Lipinski definition) is 2. The lowest BCUT2D eigenvalue weighted by Gasteiger charge is -2.27. The van der Waals surface area contributed by atoms with Gasteiger partial charge in [-0.25, -0.2) is 4.79 Å². The lowest BCUT2D eigenvalue weighted by Crippen LogP contribution is -2.45. The fraction of sp³-hybridized carbons (Fsp3) is 0.684. The summed E-state index contributed by atoms with van der Waals surface area (Å²) in [5.41, 5.74) is -0.483. The van der Waals surface area contributed by atoms with Gasteiger partial charge < -0.3 is 25.2 Å². The van der Waals surface area contributed by atoms with Gasteiger partial charge >= 0.3 is 6.09 Å². The third kappa shape index (κ3) is 7.75. The van der Waals surface area contributed by atoms with Crippen LogP contribution in [0, 0.1) is 0 Å². The van der Waals surface area contributed by atoms with Crippen molar-refractivity contribution in [3.63, 3.8) is 0 Å². The number of likely N-dealkylation sites (tertiary alicyclic amines) is 1. The van der Waals surface area contributed by atoms with Gasteiger partial charge in [-0.05, 0) is 52.7 Å². The number of aliphatic imine (C=N–C) groups is 1. The zero-order chi connectivity index (χ0) is 20.0. The summed E-state index contributed by atoms with van der Waals surface area (Å²) >= 11 is 1.77. The average molecular weight is 523 g/mol. The van der Waals surface area contributed by atoms with Gasteiger partial charge in [0.1, 0.15) is 5.60 Å². The van der Waals surface area contributed by atoms with Gasteiger partial charge in [0, 0.05) is 31.6 Å². The molecule has 2 rings (SSSR count). The highest BCUT2D eigenvalue weighted by atomic mass is 127. The number of nitrogens with one attached hydrogen (secondary N) is 2. The number of carbonyl (C=O) groups excluding carboxylic acids is 1. The monoisotopic (exact) mass is 523 g/mol. The van der Waals surface area contributed by atoms with Crippen LogP contribution in [0.4, 0.5) is 4.79 Å². The molecule has 0 aromatic carbocycles. The van der Waals surface area contributed by atoms with Crippen molar-refractivity contribution in [3.8, 4) is 0 Å². The van der Waals surface area contributed by atoms with Crippen molar-refractivity contribution in [1.82, 2.24) is 20.4 Å². The van der Waals surface area contributed by atoms with E-state index in [0.717, 1.165) is 32.0 Å². The summed E-state index contributed by atoms with van der Waals surface area (Å²) in [6.45, 7) is 7.97. The van der Waals surface area contributed by atoms with Gasteiger partial charge in [0.05, 0.1) is 12.1 Å². The Kier molecular flexibility index (Phi) is 9.99. The number of halogens is 1. The van der Waals surface area contributed by atoms with Crippen LogP contribution in [0.25, 0.3) is 0 Å².